The van der Waals surface area contributed by atoms with Crippen molar-refractivity contribution in [3.63, 3.8) is 0 Å². The van der Waals surface area contributed by atoms with E-state index in [2.05, 4.69) is 15.1 Å². The topological polar surface area (TPSA) is 77.8 Å². The van der Waals surface area contributed by atoms with Gasteiger partial charge in [-0.05, 0) is 37.6 Å². The summed E-state index contributed by atoms with van der Waals surface area (Å²) in [4.78, 5) is 8.68. The molecule has 2 aromatic heterocycles. The van der Waals surface area contributed by atoms with Crippen molar-refractivity contribution in [3.05, 3.63) is 40.0 Å². The second-order valence-corrected chi connectivity index (χ2v) is 5.63. The maximum atomic E-state index is 13.1. The molecule has 0 saturated carbocycles. The molecular weight excluding hydrogens is 291 g/mol. The van der Waals surface area contributed by atoms with Gasteiger partial charge in [-0.25, -0.2) is 9.37 Å². The number of nitrogens with two attached hydrogens (primary N) is 1. The average molecular weight is 304 g/mol. The van der Waals surface area contributed by atoms with Crippen LogP contribution in [0.15, 0.2) is 28.1 Å². The van der Waals surface area contributed by atoms with Crippen LogP contribution in [0.1, 0.15) is 23.5 Å². The highest BCUT2D eigenvalue weighted by atomic mass is 32.1. The lowest BCUT2D eigenvalue weighted by atomic mass is 10.1. The van der Waals surface area contributed by atoms with E-state index in [0.29, 0.717) is 17.4 Å². The predicted molar refractivity (Wildman–Crippen MR) is 78.1 cm³/mol. The van der Waals surface area contributed by atoms with Gasteiger partial charge >= 0.3 is 0 Å². The molecule has 1 atom stereocenters. The Balaban J connectivity index is 1.95. The Labute approximate surface area is 124 Å². The van der Waals surface area contributed by atoms with E-state index in [4.69, 9.17) is 10.3 Å². The lowest BCUT2D eigenvalue weighted by Crippen LogP contribution is -2.03. The molecule has 1 aromatic carbocycles. The van der Waals surface area contributed by atoms with Crippen molar-refractivity contribution in [2.45, 2.75) is 19.9 Å². The van der Waals surface area contributed by atoms with Crippen LogP contribution in [0.4, 0.5) is 4.39 Å². The van der Waals surface area contributed by atoms with E-state index < -0.39 is 0 Å². The highest BCUT2D eigenvalue weighted by molar-refractivity contribution is 7.10. The molecule has 0 fully saturated rings. The third kappa shape index (κ3) is 2.70. The first-order chi connectivity index (χ1) is 10.0. The third-order valence-electron chi connectivity index (χ3n) is 2.99. The number of rotatable bonds is 3. The number of hydrogen-bond acceptors (Lipinski definition) is 6. The Morgan fingerprint density at radius 1 is 1.33 bits per heavy atom. The van der Waals surface area contributed by atoms with Crippen LogP contribution in [0.2, 0.25) is 0 Å². The Kier molecular flexibility index (Phi) is 3.52. The molecule has 0 amide bonds. The summed E-state index contributed by atoms with van der Waals surface area (Å²) in [7, 11) is 0. The highest BCUT2D eigenvalue weighted by Gasteiger charge is 2.16. The number of halogens is 1. The van der Waals surface area contributed by atoms with E-state index in [1.54, 1.807) is 13.0 Å². The van der Waals surface area contributed by atoms with E-state index in [1.807, 2.05) is 12.3 Å². The Morgan fingerprint density at radius 2 is 2.14 bits per heavy atom. The van der Waals surface area contributed by atoms with Gasteiger partial charge in [-0.15, -0.1) is 11.3 Å². The van der Waals surface area contributed by atoms with Crippen LogP contribution < -0.4 is 5.73 Å². The van der Waals surface area contributed by atoms with Crippen molar-refractivity contribution >= 4 is 11.3 Å². The maximum Gasteiger partial charge on any atom is 0.277 e. The largest absolute Gasteiger partial charge is 0.332 e. The van der Waals surface area contributed by atoms with Gasteiger partial charge in [-0.1, -0.05) is 5.16 Å². The summed E-state index contributed by atoms with van der Waals surface area (Å²) in [5, 5.41) is 6.57. The van der Waals surface area contributed by atoms with Gasteiger partial charge in [-0.2, -0.15) is 4.98 Å². The zero-order valence-electron chi connectivity index (χ0n) is 11.5. The second kappa shape index (κ2) is 5.34. The molecule has 0 saturated heterocycles. The molecule has 7 heteroatoms. The van der Waals surface area contributed by atoms with E-state index in [9.17, 15) is 4.39 Å². The SMILES string of the molecule is Cc1cc(F)ccc1-c1noc(-c2csc(C(C)N)n2)n1. The van der Waals surface area contributed by atoms with Gasteiger partial charge in [0.25, 0.3) is 5.89 Å². The standard InChI is InChI=1S/C14H13FN4OS/c1-7-5-9(15)3-4-10(7)12-18-13(20-19-12)11-6-21-14(17-11)8(2)16/h3-6,8H,16H2,1-2H3. The zero-order chi connectivity index (χ0) is 15.0. The van der Waals surface area contributed by atoms with Gasteiger partial charge in [0.2, 0.25) is 5.82 Å². The first-order valence-electron chi connectivity index (χ1n) is 6.36. The molecule has 2 N–H and O–H groups in total. The molecule has 0 radical (unpaired) electrons. The van der Waals surface area contributed by atoms with E-state index in [0.717, 1.165) is 16.1 Å². The summed E-state index contributed by atoms with van der Waals surface area (Å²) in [5.41, 5.74) is 7.86. The minimum Gasteiger partial charge on any atom is -0.332 e. The summed E-state index contributed by atoms with van der Waals surface area (Å²) in [6.07, 6.45) is 0. The fraction of sp³-hybridized carbons (Fsp3) is 0.214. The van der Waals surface area contributed by atoms with Crippen LogP contribution in [0.3, 0.4) is 0 Å². The average Bonchev–Trinajstić information content (AvgIpc) is 3.07. The predicted octanol–water partition coefficient (Wildman–Crippen LogP) is 3.33. The summed E-state index contributed by atoms with van der Waals surface area (Å²) < 4.78 is 18.4. The van der Waals surface area contributed by atoms with Crippen LogP contribution in [0.25, 0.3) is 23.0 Å². The lowest BCUT2D eigenvalue weighted by molar-refractivity contribution is 0.431. The van der Waals surface area contributed by atoms with Crippen molar-refractivity contribution in [1.82, 2.24) is 15.1 Å². The molecule has 2 heterocycles. The van der Waals surface area contributed by atoms with Gasteiger partial charge in [0.15, 0.2) is 0 Å². The number of aromatic nitrogens is 3. The maximum absolute atomic E-state index is 13.1. The quantitative estimate of drug-likeness (QED) is 0.803. The molecule has 0 aliphatic carbocycles. The van der Waals surface area contributed by atoms with Crippen molar-refractivity contribution in [2.75, 3.05) is 0 Å². The molecule has 1 unspecified atom stereocenters. The molecule has 108 valence electrons. The van der Waals surface area contributed by atoms with Gasteiger partial charge in [0, 0.05) is 10.9 Å². The van der Waals surface area contributed by atoms with Crippen molar-refractivity contribution in [2.24, 2.45) is 5.73 Å². The number of nitrogens with zero attached hydrogens (tertiary/aromatic N) is 3. The number of thiazole rings is 1. The van der Waals surface area contributed by atoms with Gasteiger partial charge < -0.3 is 10.3 Å². The zero-order valence-corrected chi connectivity index (χ0v) is 12.3. The van der Waals surface area contributed by atoms with E-state index in [-0.39, 0.29) is 11.9 Å². The van der Waals surface area contributed by atoms with E-state index in [1.165, 1.54) is 23.5 Å². The molecule has 5 nitrogen and oxygen atoms in total. The molecule has 3 rings (SSSR count). The minimum atomic E-state index is -0.291. The van der Waals surface area contributed by atoms with Crippen LogP contribution in [0.5, 0.6) is 0 Å². The fourth-order valence-electron chi connectivity index (χ4n) is 1.91. The van der Waals surface area contributed by atoms with Gasteiger partial charge in [-0.3, -0.25) is 0 Å². The molecule has 3 aromatic rings. The van der Waals surface area contributed by atoms with Crippen LogP contribution in [0, 0.1) is 12.7 Å². The summed E-state index contributed by atoms with van der Waals surface area (Å²) in [6.45, 7) is 3.66. The van der Waals surface area contributed by atoms with Crippen molar-refractivity contribution in [3.8, 4) is 23.0 Å². The Morgan fingerprint density at radius 3 is 2.81 bits per heavy atom. The smallest absolute Gasteiger partial charge is 0.277 e. The van der Waals surface area contributed by atoms with Crippen LogP contribution >= 0.6 is 11.3 Å². The third-order valence-corrected chi connectivity index (χ3v) is 4.03. The normalized spacial score (nSPS) is 12.6. The molecule has 0 aliphatic rings. The second-order valence-electron chi connectivity index (χ2n) is 4.74. The van der Waals surface area contributed by atoms with Crippen LogP contribution in [-0.4, -0.2) is 15.1 Å². The number of aryl methyl sites for hydroxylation is 1. The van der Waals surface area contributed by atoms with Gasteiger partial charge in [0.05, 0.1) is 6.04 Å². The molecule has 21 heavy (non-hydrogen) atoms. The van der Waals surface area contributed by atoms with Crippen molar-refractivity contribution in [1.29, 1.82) is 0 Å². The van der Waals surface area contributed by atoms with Crippen LogP contribution in [-0.2, 0) is 0 Å². The van der Waals surface area contributed by atoms with Crippen molar-refractivity contribution < 1.29 is 8.91 Å². The first-order valence-corrected chi connectivity index (χ1v) is 7.24. The van der Waals surface area contributed by atoms with Gasteiger partial charge in [0.1, 0.15) is 16.5 Å². The number of hydrogen-bond donors (Lipinski definition) is 1. The highest BCUT2D eigenvalue weighted by Crippen LogP contribution is 2.27. The lowest BCUT2D eigenvalue weighted by Gasteiger charge is -1.99. The molecule has 0 spiro atoms. The molecule has 0 aliphatic heterocycles. The summed E-state index contributed by atoms with van der Waals surface area (Å²) in [6, 6.07) is 4.30. The monoisotopic (exact) mass is 304 g/mol. The molecule has 0 bridgehead atoms. The Hall–Kier alpha value is -2.12. The first kappa shape index (κ1) is 13.8. The Bertz CT molecular complexity index is 781. The molecular formula is C14H13FN4OS. The summed E-state index contributed by atoms with van der Waals surface area (Å²) >= 11 is 1.45. The van der Waals surface area contributed by atoms with E-state index >= 15 is 0 Å². The minimum absolute atomic E-state index is 0.134. The summed E-state index contributed by atoms with van der Waals surface area (Å²) in [5.74, 6) is 0.454. The number of benzene rings is 1. The fourth-order valence-corrected chi connectivity index (χ4v) is 2.66.